The molecule has 0 saturated heterocycles. The first-order valence-corrected chi connectivity index (χ1v) is 3.86. The van der Waals surface area contributed by atoms with Crippen molar-refractivity contribution in [3.05, 3.63) is 12.7 Å². The Morgan fingerprint density at radius 1 is 1.64 bits per heavy atom. The molecule has 0 aromatic carbocycles. The molecule has 0 aliphatic carbocycles. The fraction of sp³-hybridized carbons (Fsp3) is 0.556. The van der Waals surface area contributed by atoms with E-state index in [1.165, 1.54) is 6.08 Å². The number of rotatable bonds is 6. The van der Waals surface area contributed by atoms with Crippen LogP contribution in [0.25, 0.3) is 0 Å². The lowest BCUT2D eigenvalue weighted by Crippen LogP contribution is -2.12. The van der Waals surface area contributed by atoms with Gasteiger partial charge in [0, 0.05) is 6.42 Å². The number of hydrogen-bond acceptors (Lipinski definition) is 2. The standard InChI is InChI=1S/C9H14O2/c1-3-5-6-9(11)8(4-2)7-10/h4,7-8H,2-3,5-6H2,1H3. The Bertz CT molecular complexity index is 142. The van der Waals surface area contributed by atoms with Crippen LogP contribution in [0.4, 0.5) is 0 Å². The van der Waals surface area contributed by atoms with Crippen molar-refractivity contribution >= 4 is 12.1 Å². The van der Waals surface area contributed by atoms with Crippen LogP contribution in [-0.4, -0.2) is 12.1 Å². The largest absolute Gasteiger partial charge is 0.302 e. The van der Waals surface area contributed by atoms with Crippen molar-refractivity contribution in [1.29, 1.82) is 0 Å². The Morgan fingerprint density at radius 3 is 2.64 bits per heavy atom. The van der Waals surface area contributed by atoms with Crippen molar-refractivity contribution < 1.29 is 9.59 Å². The van der Waals surface area contributed by atoms with E-state index in [2.05, 4.69) is 6.58 Å². The van der Waals surface area contributed by atoms with E-state index < -0.39 is 5.92 Å². The lowest BCUT2D eigenvalue weighted by atomic mass is 10.0. The molecule has 1 atom stereocenters. The maximum absolute atomic E-state index is 11.1. The number of carbonyl (C=O) groups is 2. The summed E-state index contributed by atoms with van der Waals surface area (Å²) in [6, 6.07) is 0. The number of carbonyl (C=O) groups excluding carboxylic acids is 2. The van der Waals surface area contributed by atoms with E-state index in [4.69, 9.17) is 0 Å². The summed E-state index contributed by atoms with van der Waals surface area (Å²) in [5.74, 6) is -0.599. The number of hydrogen-bond donors (Lipinski definition) is 0. The van der Waals surface area contributed by atoms with Crippen LogP contribution < -0.4 is 0 Å². The van der Waals surface area contributed by atoms with Crippen LogP contribution in [0.3, 0.4) is 0 Å². The Hall–Kier alpha value is -0.920. The summed E-state index contributed by atoms with van der Waals surface area (Å²) in [6.07, 6.45) is 4.37. The molecule has 62 valence electrons. The van der Waals surface area contributed by atoms with Gasteiger partial charge in [0.2, 0.25) is 0 Å². The van der Waals surface area contributed by atoms with Crippen molar-refractivity contribution in [2.75, 3.05) is 0 Å². The van der Waals surface area contributed by atoms with Crippen molar-refractivity contribution in [2.24, 2.45) is 5.92 Å². The topological polar surface area (TPSA) is 34.1 Å². The summed E-state index contributed by atoms with van der Waals surface area (Å²) in [5, 5.41) is 0. The van der Waals surface area contributed by atoms with Crippen LogP contribution in [-0.2, 0) is 9.59 Å². The number of aldehydes is 1. The van der Waals surface area contributed by atoms with E-state index in [-0.39, 0.29) is 5.78 Å². The molecule has 1 unspecified atom stereocenters. The SMILES string of the molecule is C=CC(C=O)C(=O)CCCC. The minimum atomic E-state index is -0.582. The Labute approximate surface area is 67.3 Å². The van der Waals surface area contributed by atoms with Gasteiger partial charge in [-0.05, 0) is 6.42 Å². The van der Waals surface area contributed by atoms with Gasteiger partial charge in [0.05, 0.1) is 5.92 Å². The summed E-state index contributed by atoms with van der Waals surface area (Å²) >= 11 is 0. The third-order valence-corrected chi connectivity index (χ3v) is 1.55. The van der Waals surface area contributed by atoms with E-state index in [0.717, 1.165) is 12.8 Å². The van der Waals surface area contributed by atoms with Gasteiger partial charge in [0.1, 0.15) is 12.1 Å². The maximum atomic E-state index is 11.1. The van der Waals surface area contributed by atoms with Crippen molar-refractivity contribution in [3.63, 3.8) is 0 Å². The maximum Gasteiger partial charge on any atom is 0.146 e. The third-order valence-electron chi connectivity index (χ3n) is 1.55. The highest BCUT2D eigenvalue weighted by atomic mass is 16.1. The molecule has 0 fully saturated rings. The van der Waals surface area contributed by atoms with Gasteiger partial charge in [0.15, 0.2) is 0 Å². The van der Waals surface area contributed by atoms with Gasteiger partial charge in [-0.2, -0.15) is 0 Å². The molecule has 0 heterocycles. The zero-order valence-electron chi connectivity index (χ0n) is 6.88. The van der Waals surface area contributed by atoms with Gasteiger partial charge in [0.25, 0.3) is 0 Å². The molecule has 0 rings (SSSR count). The van der Waals surface area contributed by atoms with Crippen molar-refractivity contribution in [3.8, 4) is 0 Å². The van der Waals surface area contributed by atoms with Crippen molar-refractivity contribution in [1.82, 2.24) is 0 Å². The molecule has 11 heavy (non-hydrogen) atoms. The average molecular weight is 154 g/mol. The summed E-state index contributed by atoms with van der Waals surface area (Å²) in [4.78, 5) is 21.3. The number of allylic oxidation sites excluding steroid dienone is 1. The second-order valence-electron chi connectivity index (χ2n) is 2.47. The first kappa shape index (κ1) is 10.1. The van der Waals surface area contributed by atoms with Gasteiger partial charge >= 0.3 is 0 Å². The number of Topliss-reactive ketones (excluding diaryl/α,β-unsaturated/α-hetero) is 1. The fourth-order valence-electron chi connectivity index (χ4n) is 0.781. The summed E-state index contributed by atoms with van der Waals surface area (Å²) in [6.45, 7) is 5.42. The van der Waals surface area contributed by atoms with Gasteiger partial charge in [-0.1, -0.05) is 19.4 Å². The Kier molecular flexibility index (Phi) is 5.35. The lowest BCUT2D eigenvalue weighted by molar-refractivity contribution is -0.125. The summed E-state index contributed by atoms with van der Waals surface area (Å²) in [5.41, 5.74) is 0. The molecular formula is C9H14O2. The molecule has 0 aromatic heterocycles. The number of unbranched alkanes of at least 4 members (excludes halogenated alkanes) is 1. The molecule has 0 saturated carbocycles. The smallest absolute Gasteiger partial charge is 0.146 e. The minimum absolute atomic E-state index is 0.0168. The molecule has 0 N–H and O–H groups in total. The molecule has 0 aliphatic rings. The van der Waals surface area contributed by atoms with Crippen LogP contribution in [0.1, 0.15) is 26.2 Å². The van der Waals surface area contributed by atoms with Crippen molar-refractivity contribution in [2.45, 2.75) is 26.2 Å². The molecular weight excluding hydrogens is 140 g/mol. The molecule has 0 aromatic rings. The highest BCUT2D eigenvalue weighted by molar-refractivity contribution is 5.94. The normalized spacial score (nSPS) is 12.1. The Balaban J connectivity index is 3.79. The zero-order chi connectivity index (χ0) is 8.69. The van der Waals surface area contributed by atoms with E-state index in [1.807, 2.05) is 6.92 Å². The van der Waals surface area contributed by atoms with Crippen LogP contribution in [0.15, 0.2) is 12.7 Å². The quantitative estimate of drug-likeness (QED) is 0.332. The average Bonchev–Trinajstić information content (AvgIpc) is 2.03. The lowest BCUT2D eigenvalue weighted by Gasteiger charge is -2.01. The second kappa shape index (κ2) is 5.83. The van der Waals surface area contributed by atoms with Crippen LogP contribution >= 0.6 is 0 Å². The van der Waals surface area contributed by atoms with Crippen LogP contribution in [0.5, 0.6) is 0 Å². The van der Waals surface area contributed by atoms with Crippen LogP contribution in [0.2, 0.25) is 0 Å². The molecule has 0 aliphatic heterocycles. The fourth-order valence-corrected chi connectivity index (χ4v) is 0.781. The van der Waals surface area contributed by atoms with E-state index in [0.29, 0.717) is 12.7 Å². The van der Waals surface area contributed by atoms with Gasteiger partial charge in [-0.15, -0.1) is 6.58 Å². The van der Waals surface area contributed by atoms with Gasteiger partial charge in [-0.3, -0.25) is 4.79 Å². The highest BCUT2D eigenvalue weighted by Crippen LogP contribution is 2.03. The predicted molar refractivity (Wildman–Crippen MR) is 44.3 cm³/mol. The van der Waals surface area contributed by atoms with E-state index in [9.17, 15) is 9.59 Å². The predicted octanol–water partition coefficient (Wildman–Crippen LogP) is 1.75. The molecule has 0 bridgehead atoms. The summed E-state index contributed by atoms with van der Waals surface area (Å²) in [7, 11) is 0. The first-order chi connectivity index (χ1) is 5.26. The zero-order valence-corrected chi connectivity index (χ0v) is 6.88. The molecule has 2 nitrogen and oxygen atoms in total. The monoisotopic (exact) mass is 154 g/mol. The van der Waals surface area contributed by atoms with E-state index >= 15 is 0 Å². The first-order valence-electron chi connectivity index (χ1n) is 3.86. The number of ketones is 1. The molecule has 0 amide bonds. The molecule has 0 radical (unpaired) electrons. The highest BCUT2D eigenvalue weighted by Gasteiger charge is 2.11. The minimum Gasteiger partial charge on any atom is -0.302 e. The van der Waals surface area contributed by atoms with Gasteiger partial charge in [-0.25, -0.2) is 0 Å². The second-order valence-corrected chi connectivity index (χ2v) is 2.47. The summed E-state index contributed by atoms with van der Waals surface area (Å²) < 4.78 is 0. The van der Waals surface area contributed by atoms with Crippen LogP contribution in [0, 0.1) is 5.92 Å². The Morgan fingerprint density at radius 2 is 2.27 bits per heavy atom. The molecule has 0 spiro atoms. The molecule has 2 heteroatoms. The third kappa shape index (κ3) is 3.71. The van der Waals surface area contributed by atoms with Gasteiger partial charge < -0.3 is 4.79 Å². The van der Waals surface area contributed by atoms with E-state index in [1.54, 1.807) is 0 Å².